The van der Waals surface area contributed by atoms with E-state index in [0.29, 0.717) is 0 Å². The number of nitrogens with zero attached hydrogens (tertiary/aromatic N) is 1. The zero-order chi connectivity index (χ0) is 10.8. The van der Waals surface area contributed by atoms with Gasteiger partial charge in [0.1, 0.15) is 4.32 Å². The van der Waals surface area contributed by atoms with Crippen molar-refractivity contribution in [3.8, 4) is 0 Å². The van der Waals surface area contributed by atoms with Crippen molar-refractivity contribution < 1.29 is 0 Å². The highest BCUT2D eigenvalue weighted by atomic mass is 33.1. The van der Waals surface area contributed by atoms with Crippen LogP contribution >= 0.6 is 33.8 Å². The first-order chi connectivity index (χ1) is 6.76. The number of hydrogen-bond acceptors (Lipinski definition) is 3. The van der Waals surface area contributed by atoms with Crippen molar-refractivity contribution in [3.63, 3.8) is 0 Å². The van der Waals surface area contributed by atoms with Gasteiger partial charge in [0.2, 0.25) is 0 Å². The summed E-state index contributed by atoms with van der Waals surface area (Å²) >= 11 is 5.32. The maximum Gasteiger partial charge on any atom is 0.147 e. The Morgan fingerprint density at radius 1 is 1.14 bits per heavy atom. The van der Waals surface area contributed by atoms with E-state index in [2.05, 4.69) is 25.7 Å². The molecule has 14 heavy (non-hydrogen) atoms. The van der Waals surface area contributed by atoms with Crippen LogP contribution in [0.3, 0.4) is 0 Å². The molecule has 0 unspecified atom stereocenters. The first kappa shape index (κ1) is 14.6. The molecule has 0 saturated carbocycles. The van der Waals surface area contributed by atoms with E-state index in [4.69, 9.17) is 12.2 Å². The van der Waals surface area contributed by atoms with E-state index in [-0.39, 0.29) is 0 Å². The summed E-state index contributed by atoms with van der Waals surface area (Å²) in [7, 11) is 3.65. The van der Waals surface area contributed by atoms with Gasteiger partial charge >= 0.3 is 0 Å². The Balaban J connectivity index is 3.43. The van der Waals surface area contributed by atoms with E-state index < -0.39 is 0 Å². The van der Waals surface area contributed by atoms with Gasteiger partial charge in [0.05, 0.1) is 0 Å². The standard InChI is InChI=1S/C10H21NS3/c1-4-7-8-9-13-14-10(12)11(5-2)6-3/h4-9H2,1-3H3. The molecule has 0 aromatic heterocycles. The molecule has 0 heterocycles. The van der Waals surface area contributed by atoms with E-state index in [9.17, 15) is 0 Å². The third-order valence-corrected chi connectivity index (χ3v) is 5.11. The molecule has 0 spiro atoms. The van der Waals surface area contributed by atoms with Gasteiger partial charge in [0, 0.05) is 18.8 Å². The number of unbranched alkanes of at least 4 members (excludes halogenated alkanes) is 2. The second kappa shape index (κ2) is 10.1. The third kappa shape index (κ3) is 6.96. The molecule has 0 saturated heterocycles. The van der Waals surface area contributed by atoms with E-state index >= 15 is 0 Å². The van der Waals surface area contributed by atoms with E-state index in [1.807, 2.05) is 10.8 Å². The normalized spacial score (nSPS) is 10.2. The zero-order valence-electron chi connectivity index (χ0n) is 9.41. The highest BCUT2D eigenvalue weighted by molar-refractivity contribution is 8.83. The second-order valence-corrected chi connectivity index (χ2v) is 6.10. The molecule has 0 bridgehead atoms. The van der Waals surface area contributed by atoms with Gasteiger partial charge in [-0.2, -0.15) is 0 Å². The number of hydrogen-bond donors (Lipinski definition) is 0. The number of rotatable bonds is 7. The largest absolute Gasteiger partial charge is 0.357 e. The summed E-state index contributed by atoms with van der Waals surface area (Å²) < 4.78 is 1.04. The lowest BCUT2D eigenvalue weighted by molar-refractivity contribution is 0.482. The molecule has 84 valence electrons. The van der Waals surface area contributed by atoms with Crippen LogP contribution in [0.4, 0.5) is 0 Å². The minimum absolute atomic E-state index is 1.03. The minimum Gasteiger partial charge on any atom is -0.357 e. The highest BCUT2D eigenvalue weighted by Crippen LogP contribution is 2.26. The molecule has 0 aliphatic carbocycles. The molecule has 0 atom stereocenters. The Hall–Kier alpha value is 0.590. The summed E-state index contributed by atoms with van der Waals surface area (Å²) in [5.74, 6) is 1.22. The molecule has 0 aromatic rings. The predicted octanol–water partition coefficient (Wildman–Crippen LogP) is 4.18. The lowest BCUT2D eigenvalue weighted by Gasteiger charge is -2.20. The molecule has 1 nitrogen and oxygen atoms in total. The summed E-state index contributed by atoms with van der Waals surface area (Å²) in [5.41, 5.74) is 0. The van der Waals surface area contributed by atoms with Crippen molar-refractivity contribution in [2.24, 2.45) is 0 Å². The van der Waals surface area contributed by atoms with Crippen LogP contribution in [0.5, 0.6) is 0 Å². The van der Waals surface area contributed by atoms with Gasteiger partial charge in [-0.05, 0) is 31.1 Å². The van der Waals surface area contributed by atoms with Crippen molar-refractivity contribution in [2.75, 3.05) is 18.8 Å². The molecule has 0 amide bonds. The minimum atomic E-state index is 1.03. The van der Waals surface area contributed by atoms with E-state index in [1.165, 1.54) is 25.0 Å². The van der Waals surface area contributed by atoms with Crippen LogP contribution in [0.2, 0.25) is 0 Å². The molecular formula is C10H21NS3. The molecule has 0 aliphatic rings. The van der Waals surface area contributed by atoms with Gasteiger partial charge in [-0.15, -0.1) is 0 Å². The molecule has 4 heteroatoms. The van der Waals surface area contributed by atoms with Gasteiger partial charge in [0.25, 0.3) is 0 Å². The predicted molar refractivity (Wildman–Crippen MR) is 75.1 cm³/mol. The van der Waals surface area contributed by atoms with Crippen LogP contribution in [0.15, 0.2) is 0 Å². The lowest BCUT2D eigenvalue weighted by Crippen LogP contribution is -2.25. The van der Waals surface area contributed by atoms with Crippen LogP contribution in [0, 0.1) is 0 Å². The summed E-state index contributed by atoms with van der Waals surface area (Å²) in [6.07, 6.45) is 3.95. The van der Waals surface area contributed by atoms with Crippen LogP contribution in [0.1, 0.15) is 40.0 Å². The van der Waals surface area contributed by atoms with Crippen molar-refractivity contribution >= 4 is 38.1 Å². The Morgan fingerprint density at radius 3 is 2.29 bits per heavy atom. The van der Waals surface area contributed by atoms with E-state index in [1.54, 1.807) is 10.8 Å². The number of thiocarbonyl (C=S) groups is 1. The van der Waals surface area contributed by atoms with E-state index in [0.717, 1.165) is 17.4 Å². The SMILES string of the molecule is CCCCCSSC(=S)N(CC)CC. The fourth-order valence-corrected chi connectivity index (χ4v) is 3.82. The fraction of sp³-hybridized carbons (Fsp3) is 0.900. The van der Waals surface area contributed by atoms with Crippen molar-refractivity contribution in [1.82, 2.24) is 4.90 Å². The molecule has 0 N–H and O–H groups in total. The average molecular weight is 251 g/mol. The third-order valence-electron chi connectivity index (χ3n) is 1.98. The molecule has 0 radical (unpaired) electrons. The first-order valence-corrected chi connectivity index (χ1v) is 8.07. The second-order valence-electron chi connectivity index (χ2n) is 3.05. The molecular weight excluding hydrogens is 230 g/mol. The van der Waals surface area contributed by atoms with Gasteiger partial charge in [-0.3, -0.25) is 0 Å². The Kier molecular flexibility index (Phi) is 10.5. The highest BCUT2D eigenvalue weighted by Gasteiger charge is 2.05. The topological polar surface area (TPSA) is 3.24 Å². The fourth-order valence-electron chi connectivity index (χ4n) is 1.04. The van der Waals surface area contributed by atoms with Gasteiger partial charge < -0.3 is 4.90 Å². The lowest BCUT2D eigenvalue weighted by atomic mass is 10.3. The maximum atomic E-state index is 5.32. The Bertz CT molecular complexity index is 146. The van der Waals surface area contributed by atoms with Crippen LogP contribution < -0.4 is 0 Å². The zero-order valence-corrected chi connectivity index (χ0v) is 11.9. The quantitative estimate of drug-likeness (QED) is 0.379. The maximum absolute atomic E-state index is 5.32. The monoisotopic (exact) mass is 251 g/mol. The summed E-state index contributed by atoms with van der Waals surface area (Å²) in [5, 5.41) is 0. The average Bonchev–Trinajstić information content (AvgIpc) is 2.19. The van der Waals surface area contributed by atoms with Gasteiger partial charge in [-0.25, -0.2) is 0 Å². The van der Waals surface area contributed by atoms with Crippen LogP contribution in [-0.4, -0.2) is 28.1 Å². The van der Waals surface area contributed by atoms with Crippen LogP contribution in [-0.2, 0) is 0 Å². The first-order valence-electron chi connectivity index (χ1n) is 5.34. The molecule has 0 rings (SSSR count). The van der Waals surface area contributed by atoms with Crippen molar-refractivity contribution in [3.05, 3.63) is 0 Å². The molecule has 0 fully saturated rings. The van der Waals surface area contributed by atoms with Crippen LogP contribution in [0.25, 0.3) is 0 Å². The summed E-state index contributed by atoms with van der Waals surface area (Å²) in [6.45, 7) is 8.59. The summed E-state index contributed by atoms with van der Waals surface area (Å²) in [4.78, 5) is 2.23. The molecule has 0 aromatic carbocycles. The smallest absolute Gasteiger partial charge is 0.147 e. The van der Waals surface area contributed by atoms with Gasteiger partial charge in [0.15, 0.2) is 0 Å². The summed E-state index contributed by atoms with van der Waals surface area (Å²) in [6, 6.07) is 0. The Morgan fingerprint density at radius 2 is 1.79 bits per heavy atom. The van der Waals surface area contributed by atoms with Gasteiger partial charge in [-0.1, -0.05) is 42.8 Å². The van der Waals surface area contributed by atoms with Crippen molar-refractivity contribution in [1.29, 1.82) is 0 Å². The molecule has 0 aliphatic heterocycles. The Labute approximate surface area is 102 Å². The van der Waals surface area contributed by atoms with Crippen molar-refractivity contribution in [2.45, 2.75) is 40.0 Å².